The van der Waals surface area contributed by atoms with Crippen LogP contribution in [0.15, 0.2) is 0 Å². The zero-order valence-corrected chi connectivity index (χ0v) is 10.4. The SMILES string of the molecule is CCOCCCCS(=O)(=O)[O-].[Na+]. The van der Waals surface area contributed by atoms with E-state index in [1.165, 1.54) is 0 Å². The average Bonchev–Trinajstić information content (AvgIpc) is 1.85. The molecule has 0 aliphatic rings. The molecule has 0 fully saturated rings. The summed E-state index contributed by atoms with van der Waals surface area (Å²) in [5, 5.41) is 0. The van der Waals surface area contributed by atoms with E-state index in [0.717, 1.165) is 0 Å². The minimum absolute atomic E-state index is 0. The van der Waals surface area contributed by atoms with Crippen LogP contribution in [0.4, 0.5) is 0 Å². The topological polar surface area (TPSA) is 66.4 Å². The summed E-state index contributed by atoms with van der Waals surface area (Å²) < 4.78 is 35.2. The van der Waals surface area contributed by atoms with Gasteiger partial charge in [-0.1, -0.05) is 0 Å². The summed E-state index contributed by atoms with van der Waals surface area (Å²) in [5.74, 6) is -0.278. The van der Waals surface area contributed by atoms with E-state index in [2.05, 4.69) is 0 Å². The fraction of sp³-hybridized carbons (Fsp3) is 1.00. The molecule has 0 atom stereocenters. The van der Waals surface area contributed by atoms with Crippen molar-refractivity contribution in [2.45, 2.75) is 19.8 Å². The molecule has 0 aliphatic carbocycles. The minimum atomic E-state index is -4.02. The first-order valence-electron chi connectivity index (χ1n) is 3.57. The molecule has 0 unspecified atom stereocenters. The van der Waals surface area contributed by atoms with Crippen LogP contribution in [-0.4, -0.2) is 31.9 Å². The van der Waals surface area contributed by atoms with Gasteiger partial charge in [0.25, 0.3) is 0 Å². The Morgan fingerprint density at radius 1 is 1.33 bits per heavy atom. The monoisotopic (exact) mass is 204 g/mol. The molecule has 0 amide bonds. The van der Waals surface area contributed by atoms with E-state index < -0.39 is 10.1 Å². The normalized spacial score (nSPS) is 10.8. The van der Waals surface area contributed by atoms with Crippen LogP contribution in [0.5, 0.6) is 0 Å². The molecule has 6 heteroatoms. The molecule has 0 bridgehead atoms. The molecule has 0 aromatic carbocycles. The van der Waals surface area contributed by atoms with Crippen LogP contribution in [0.2, 0.25) is 0 Å². The van der Waals surface area contributed by atoms with E-state index in [9.17, 15) is 13.0 Å². The van der Waals surface area contributed by atoms with Crippen LogP contribution in [0, 0.1) is 0 Å². The fourth-order valence-electron chi connectivity index (χ4n) is 0.627. The van der Waals surface area contributed by atoms with Crippen LogP contribution >= 0.6 is 0 Å². The number of hydrogen-bond donors (Lipinski definition) is 0. The van der Waals surface area contributed by atoms with Gasteiger partial charge in [0.2, 0.25) is 0 Å². The van der Waals surface area contributed by atoms with Gasteiger partial charge in [0.15, 0.2) is 0 Å². The molecule has 0 spiro atoms. The summed E-state index contributed by atoms with van der Waals surface area (Å²) in [6, 6.07) is 0. The van der Waals surface area contributed by atoms with Gasteiger partial charge < -0.3 is 9.29 Å². The van der Waals surface area contributed by atoms with Gasteiger partial charge in [-0.25, -0.2) is 8.42 Å². The van der Waals surface area contributed by atoms with Crippen molar-refractivity contribution in [2.24, 2.45) is 0 Å². The van der Waals surface area contributed by atoms with E-state index in [0.29, 0.717) is 26.1 Å². The van der Waals surface area contributed by atoms with Crippen LogP contribution in [-0.2, 0) is 14.9 Å². The number of unbranched alkanes of at least 4 members (excludes halogenated alkanes) is 1. The van der Waals surface area contributed by atoms with Gasteiger partial charge in [0, 0.05) is 19.0 Å². The molecule has 0 N–H and O–H groups in total. The first kappa shape index (κ1) is 15.3. The van der Waals surface area contributed by atoms with Crippen molar-refractivity contribution in [3.8, 4) is 0 Å². The maximum Gasteiger partial charge on any atom is 1.00 e. The second-order valence-electron chi connectivity index (χ2n) is 2.17. The quantitative estimate of drug-likeness (QED) is 0.269. The van der Waals surface area contributed by atoms with E-state index in [-0.39, 0.29) is 35.3 Å². The molecule has 0 aromatic heterocycles. The van der Waals surface area contributed by atoms with Crippen LogP contribution in [0.1, 0.15) is 19.8 Å². The number of hydrogen-bond acceptors (Lipinski definition) is 4. The van der Waals surface area contributed by atoms with Crippen molar-refractivity contribution >= 4 is 10.1 Å². The van der Waals surface area contributed by atoms with Crippen molar-refractivity contribution in [2.75, 3.05) is 19.0 Å². The Labute approximate surface area is 95.7 Å². The maximum absolute atomic E-state index is 10.1. The molecule has 0 aromatic rings. The van der Waals surface area contributed by atoms with Crippen molar-refractivity contribution in [3.63, 3.8) is 0 Å². The summed E-state index contributed by atoms with van der Waals surface area (Å²) in [4.78, 5) is 0. The molecule has 68 valence electrons. The Morgan fingerprint density at radius 3 is 2.33 bits per heavy atom. The first-order valence-corrected chi connectivity index (χ1v) is 5.15. The van der Waals surface area contributed by atoms with Gasteiger partial charge in [-0.2, -0.15) is 0 Å². The molecule has 0 aliphatic heterocycles. The van der Waals surface area contributed by atoms with Gasteiger partial charge >= 0.3 is 29.6 Å². The molecule has 4 nitrogen and oxygen atoms in total. The molecule has 0 radical (unpaired) electrons. The Balaban J connectivity index is 0. The van der Waals surface area contributed by atoms with Gasteiger partial charge in [-0.3, -0.25) is 0 Å². The first-order chi connectivity index (χ1) is 5.06. The van der Waals surface area contributed by atoms with Gasteiger partial charge in [-0.15, -0.1) is 0 Å². The second-order valence-corrected chi connectivity index (χ2v) is 3.69. The summed E-state index contributed by atoms with van der Waals surface area (Å²) in [7, 11) is -4.02. The Hall–Kier alpha value is 0.870. The van der Waals surface area contributed by atoms with Crippen LogP contribution in [0.25, 0.3) is 0 Å². The Morgan fingerprint density at radius 2 is 1.92 bits per heavy atom. The van der Waals surface area contributed by atoms with Gasteiger partial charge in [0.1, 0.15) is 0 Å². The predicted octanol–water partition coefficient (Wildman–Crippen LogP) is -2.65. The zero-order chi connectivity index (χ0) is 8.74. The number of ether oxygens (including phenoxy) is 1. The summed E-state index contributed by atoms with van der Waals surface area (Å²) in [5.41, 5.74) is 0. The van der Waals surface area contributed by atoms with Gasteiger partial charge in [-0.05, 0) is 19.8 Å². The third-order valence-electron chi connectivity index (χ3n) is 1.14. The molecule has 0 rings (SSSR count). The Bertz CT molecular complexity index is 178. The third kappa shape index (κ3) is 13.5. The fourth-order valence-corrected chi connectivity index (χ4v) is 1.18. The molecular weight excluding hydrogens is 191 g/mol. The summed E-state index contributed by atoms with van der Waals surface area (Å²) in [6.07, 6.45) is 1.03. The largest absolute Gasteiger partial charge is 1.00 e. The maximum atomic E-state index is 10.1. The van der Waals surface area contributed by atoms with Crippen molar-refractivity contribution in [1.82, 2.24) is 0 Å². The zero-order valence-electron chi connectivity index (χ0n) is 7.58. The van der Waals surface area contributed by atoms with E-state index >= 15 is 0 Å². The standard InChI is InChI=1S/C6H14O4S.Na/c1-2-10-5-3-4-6-11(7,8)9;/h2-6H2,1H3,(H,7,8,9);/q;+1/p-1. The molecular formula is C6H13NaO4S. The van der Waals surface area contributed by atoms with E-state index in [1.54, 1.807) is 0 Å². The van der Waals surface area contributed by atoms with Crippen molar-refractivity contribution in [1.29, 1.82) is 0 Å². The summed E-state index contributed by atoms with van der Waals surface area (Å²) in [6.45, 7) is 3.03. The minimum Gasteiger partial charge on any atom is -0.748 e. The number of rotatable bonds is 6. The average molecular weight is 204 g/mol. The van der Waals surface area contributed by atoms with Crippen molar-refractivity contribution < 1.29 is 47.3 Å². The summed E-state index contributed by atoms with van der Waals surface area (Å²) >= 11 is 0. The third-order valence-corrected chi connectivity index (χ3v) is 1.93. The van der Waals surface area contributed by atoms with Crippen LogP contribution < -0.4 is 29.6 Å². The molecule has 12 heavy (non-hydrogen) atoms. The predicted molar refractivity (Wildman–Crippen MR) is 40.3 cm³/mol. The molecule has 0 saturated carbocycles. The van der Waals surface area contributed by atoms with E-state index in [4.69, 9.17) is 4.74 Å². The molecule has 0 heterocycles. The Kier molecular flexibility index (Phi) is 10.8. The van der Waals surface area contributed by atoms with Gasteiger partial charge in [0.05, 0.1) is 10.1 Å². The smallest absolute Gasteiger partial charge is 0.748 e. The second kappa shape index (κ2) is 8.47. The van der Waals surface area contributed by atoms with Crippen LogP contribution in [0.3, 0.4) is 0 Å². The van der Waals surface area contributed by atoms with E-state index in [1.807, 2.05) is 6.92 Å². The van der Waals surface area contributed by atoms with Crippen molar-refractivity contribution in [3.05, 3.63) is 0 Å². The molecule has 0 saturated heterocycles.